The second-order valence-electron chi connectivity index (χ2n) is 9.99. The van der Waals surface area contributed by atoms with Crippen LogP contribution >= 0.6 is 0 Å². The maximum Gasteiger partial charge on any atom is 0.416 e. The Morgan fingerprint density at radius 3 is 2.44 bits per heavy atom. The van der Waals surface area contributed by atoms with Crippen molar-refractivity contribution >= 4 is 39.6 Å². The van der Waals surface area contributed by atoms with Crippen LogP contribution in [0.15, 0.2) is 113 Å². The first-order valence-corrected chi connectivity index (χ1v) is 13.4. The minimum Gasteiger partial charge on any atom is -0.337 e. The van der Waals surface area contributed by atoms with E-state index in [1.165, 1.54) is 18.3 Å². The number of aromatic nitrogens is 3. The lowest BCUT2D eigenvalue weighted by Crippen LogP contribution is -2.20. The molecule has 0 atom stereocenters. The van der Waals surface area contributed by atoms with Gasteiger partial charge in [0.1, 0.15) is 6.54 Å². The molecule has 0 radical (unpaired) electrons. The topological polar surface area (TPSA) is 81.3 Å². The van der Waals surface area contributed by atoms with E-state index in [2.05, 4.69) is 15.4 Å². The number of alkyl halides is 3. The van der Waals surface area contributed by atoms with E-state index in [1.54, 1.807) is 35.0 Å². The minimum atomic E-state index is -4.57. The highest BCUT2D eigenvalue weighted by atomic mass is 19.4. The highest BCUT2D eigenvalue weighted by Crippen LogP contribution is 2.32. The first-order valence-electron chi connectivity index (χ1n) is 13.4. The van der Waals surface area contributed by atoms with E-state index in [0.717, 1.165) is 39.0 Å². The molecule has 2 heterocycles. The minimum absolute atomic E-state index is 0.0235. The number of fused-ring (bicyclic) bond motifs is 2. The third-order valence-corrected chi connectivity index (χ3v) is 7.07. The Labute approximate surface area is 243 Å². The van der Waals surface area contributed by atoms with E-state index in [1.807, 2.05) is 55.5 Å². The summed E-state index contributed by atoms with van der Waals surface area (Å²) in [5.74, 6) is -0.257. The molecule has 2 aromatic heterocycles. The zero-order chi connectivity index (χ0) is 30.1. The van der Waals surface area contributed by atoms with Gasteiger partial charge in [0.25, 0.3) is 5.56 Å². The number of rotatable bonds is 6. The highest BCUT2D eigenvalue weighted by Gasteiger charge is 2.31. The molecule has 0 aliphatic heterocycles. The van der Waals surface area contributed by atoms with Gasteiger partial charge in [-0.15, -0.1) is 0 Å². The summed E-state index contributed by atoms with van der Waals surface area (Å²) in [6.07, 6.45) is -1.38. The molecule has 0 fully saturated rings. The molecule has 0 bridgehead atoms. The van der Waals surface area contributed by atoms with E-state index >= 15 is 0 Å². The molecular weight excluding hydrogens is 555 g/mol. The van der Waals surface area contributed by atoms with E-state index in [4.69, 9.17) is 0 Å². The second-order valence-corrected chi connectivity index (χ2v) is 9.99. The molecule has 0 saturated heterocycles. The van der Waals surface area contributed by atoms with Crippen LogP contribution in [-0.4, -0.2) is 26.3 Å². The average Bonchev–Trinajstić information content (AvgIpc) is 3.34. The van der Waals surface area contributed by atoms with Crippen LogP contribution in [0.25, 0.3) is 33.2 Å². The highest BCUT2D eigenvalue weighted by molar-refractivity contribution is 6.00. The summed E-state index contributed by atoms with van der Waals surface area (Å²) in [6, 6.07) is 26.1. The zero-order valence-corrected chi connectivity index (χ0v) is 22.8. The van der Waals surface area contributed by atoms with Gasteiger partial charge in [0.2, 0.25) is 5.91 Å². The zero-order valence-electron chi connectivity index (χ0n) is 22.8. The van der Waals surface area contributed by atoms with Gasteiger partial charge in [-0.25, -0.2) is 4.98 Å². The number of aryl methyl sites for hydroxylation is 1. The van der Waals surface area contributed by atoms with E-state index in [9.17, 15) is 22.8 Å². The van der Waals surface area contributed by atoms with Crippen molar-refractivity contribution in [1.82, 2.24) is 14.2 Å². The summed E-state index contributed by atoms with van der Waals surface area (Å²) in [7, 11) is 0. The largest absolute Gasteiger partial charge is 0.416 e. The third kappa shape index (κ3) is 5.54. The van der Waals surface area contributed by atoms with Crippen molar-refractivity contribution in [3.63, 3.8) is 0 Å². The maximum atomic E-state index is 13.6. The fourth-order valence-corrected chi connectivity index (χ4v) is 4.94. The van der Waals surface area contributed by atoms with Crippen molar-refractivity contribution in [1.29, 1.82) is 0 Å². The number of para-hydroxylation sites is 3. The van der Waals surface area contributed by atoms with Crippen molar-refractivity contribution in [3.8, 4) is 11.4 Å². The van der Waals surface area contributed by atoms with Gasteiger partial charge in [0, 0.05) is 33.9 Å². The first-order chi connectivity index (χ1) is 20.7. The van der Waals surface area contributed by atoms with Gasteiger partial charge < -0.3 is 9.88 Å². The van der Waals surface area contributed by atoms with Gasteiger partial charge >= 0.3 is 6.18 Å². The summed E-state index contributed by atoms with van der Waals surface area (Å²) < 4.78 is 43.3. The summed E-state index contributed by atoms with van der Waals surface area (Å²) in [6.45, 7) is 1.93. The molecule has 7 nitrogen and oxygen atoms in total. The molecule has 0 spiro atoms. The Kier molecular flexibility index (Phi) is 7.11. The van der Waals surface area contributed by atoms with Gasteiger partial charge in [-0.1, -0.05) is 60.7 Å². The average molecular weight is 580 g/mol. The van der Waals surface area contributed by atoms with Crippen LogP contribution in [0.2, 0.25) is 0 Å². The number of carbonyl (C=O) groups excluding carboxylic acids is 1. The molecule has 0 aliphatic carbocycles. The van der Waals surface area contributed by atoms with Gasteiger partial charge in [-0.2, -0.15) is 22.9 Å². The van der Waals surface area contributed by atoms with Crippen molar-refractivity contribution in [3.05, 3.63) is 130 Å². The number of nitrogens with one attached hydrogen (secondary N) is 1. The third-order valence-electron chi connectivity index (χ3n) is 7.07. The molecule has 6 rings (SSSR count). The van der Waals surface area contributed by atoms with Crippen molar-refractivity contribution < 1.29 is 18.0 Å². The van der Waals surface area contributed by atoms with Crippen LogP contribution in [-0.2, 0) is 17.5 Å². The molecule has 214 valence electrons. The number of carbonyl (C=O) groups is 1. The van der Waals surface area contributed by atoms with E-state index < -0.39 is 17.3 Å². The normalized spacial score (nSPS) is 11.9. The summed E-state index contributed by atoms with van der Waals surface area (Å²) in [5, 5.41) is 8.41. The standard InChI is InChI=1S/C33H24F3N5O2/c1-21-9-2-5-14-27(21)38-30(42)20-40-19-23(25-12-4-7-16-29(25)40)18-37-41-31(22-10-8-11-24(17-22)33(34,35)36)39-28-15-6-3-13-26(28)32(41)43/h2-19H,20H2,1H3,(H,38,42). The second kappa shape index (κ2) is 11.1. The Bertz CT molecular complexity index is 2090. The lowest BCUT2D eigenvalue weighted by Gasteiger charge is -2.12. The molecule has 43 heavy (non-hydrogen) atoms. The SMILES string of the molecule is Cc1ccccc1NC(=O)Cn1cc(C=Nn2c(-c3cccc(C(F)(F)F)c3)nc3ccccc3c2=O)c2ccccc21. The van der Waals surface area contributed by atoms with Gasteiger partial charge in [0.15, 0.2) is 5.82 Å². The first kappa shape index (κ1) is 27.6. The van der Waals surface area contributed by atoms with Crippen molar-refractivity contribution in [2.75, 3.05) is 5.32 Å². The fourth-order valence-electron chi connectivity index (χ4n) is 4.94. The summed E-state index contributed by atoms with van der Waals surface area (Å²) >= 11 is 0. The molecule has 6 aromatic rings. The van der Waals surface area contributed by atoms with Gasteiger partial charge in [-0.05, 0) is 48.9 Å². The molecule has 0 aliphatic rings. The summed E-state index contributed by atoms with van der Waals surface area (Å²) in [4.78, 5) is 31.0. The van der Waals surface area contributed by atoms with Gasteiger partial charge in [-0.3, -0.25) is 9.59 Å². The smallest absolute Gasteiger partial charge is 0.337 e. The summed E-state index contributed by atoms with van der Waals surface area (Å²) in [5.41, 5.74) is 2.06. The molecule has 10 heteroatoms. The molecule has 0 unspecified atom stereocenters. The van der Waals surface area contributed by atoms with Crippen molar-refractivity contribution in [2.24, 2.45) is 5.10 Å². The number of amides is 1. The quantitative estimate of drug-likeness (QED) is 0.219. The van der Waals surface area contributed by atoms with Gasteiger partial charge in [0.05, 0.1) is 22.7 Å². The lowest BCUT2D eigenvalue weighted by molar-refractivity contribution is -0.137. The lowest BCUT2D eigenvalue weighted by atomic mass is 10.1. The fraction of sp³-hybridized carbons (Fsp3) is 0.0909. The number of benzene rings is 4. The Morgan fingerprint density at radius 2 is 1.65 bits per heavy atom. The Balaban J connectivity index is 1.42. The van der Waals surface area contributed by atoms with Crippen LogP contribution in [0, 0.1) is 6.92 Å². The molecular formula is C33H24F3N5O2. The molecule has 1 N–H and O–H groups in total. The van der Waals surface area contributed by atoms with Crippen LogP contribution in [0.5, 0.6) is 0 Å². The Hall–Kier alpha value is -5.51. The monoisotopic (exact) mass is 579 g/mol. The predicted molar refractivity (Wildman–Crippen MR) is 161 cm³/mol. The molecule has 0 saturated carbocycles. The van der Waals surface area contributed by atoms with Crippen molar-refractivity contribution in [2.45, 2.75) is 19.6 Å². The van der Waals surface area contributed by atoms with Crippen LogP contribution < -0.4 is 10.9 Å². The predicted octanol–water partition coefficient (Wildman–Crippen LogP) is 6.87. The number of hydrogen-bond acceptors (Lipinski definition) is 4. The number of halogens is 3. The molecule has 1 amide bonds. The maximum absolute atomic E-state index is 13.6. The number of nitrogens with zero attached hydrogens (tertiary/aromatic N) is 4. The van der Waals surface area contributed by atoms with Crippen LogP contribution in [0.4, 0.5) is 18.9 Å². The molecule has 4 aromatic carbocycles. The number of anilines is 1. The van der Waals surface area contributed by atoms with E-state index in [0.29, 0.717) is 11.1 Å². The Morgan fingerprint density at radius 1 is 0.930 bits per heavy atom. The van der Waals surface area contributed by atoms with E-state index in [-0.39, 0.29) is 29.2 Å². The van der Waals surface area contributed by atoms with Crippen LogP contribution in [0.1, 0.15) is 16.7 Å². The number of hydrogen-bond donors (Lipinski definition) is 1. The van der Waals surface area contributed by atoms with Crippen LogP contribution in [0.3, 0.4) is 0 Å².